The number of hydrogen-bond acceptors (Lipinski definition) is 1. The first-order chi connectivity index (χ1) is 7.21. The van der Waals surface area contributed by atoms with Crippen LogP contribution in [0.2, 0.25) is 25.7 Å². The third-order valence-electron chi connectivity index (χ3n) is 4.18. The Labute approximate surface area is 101 Å². The van der Waals surface area contributed by atoms with Crippen molar-refractivity contribution < 1.29 is 4.79 Å². The van der Waals surface area contributed by atoms with Gasteiger partial charge in [-0.15, -0.1) is 0 Å². The summed E-state index contributed by atoms with van der Waals surface area (Å²) < 4.78 is 0. The van der Waals surface area contributed by atoms with Crippen molar-refractivity contribution in [1.29, 1.82) is 0 Å². The van der Waals surface area contributed by atoms with Gasteiger partial charge in [-0.1, -0.05) is 37.3 Å². The highest BCUT2D eigenvalue weighted by molar-refractivity contribution is 6.76. The Morgan fingerprint density at radius 2 is 2.06 bits per heavy atom. The Bertz CT molecular complexity index is 311. The first-order valence-corrected chi connectivity index (χ1v) is 10.1. The Balaban J connectivity index is 3.00. The van der Waals surface area contributed by atoms with Gasteiger partial charge in [-0.2, -0.15) is 0 Å². The Kier molecular flexibility index (Phi) is 3.83. The molecule has 1 aliphatic carbocycles. The summed E-state index contributed by atoms with van der Waals surface area (Å²) in [6, 6.07) is 1.28. The molecule has 2 atom stereocenters. The zero-order chi connectivity index (χ0) is 12.6. The highest BCUT2D eigenvalue weighted by Crippen LogP contribution is 2.51. The molecule has 0 aromatic rings. The van der Waals surface area contributed by atoms with E-state index >= 15 is 0 Å². The quantitative estimate of drug-likeness (QED) is 0.530. The molecule has 0 amide bonds. The van der Waals surface area contributed by atoms with Gasteiger partial charge < -0.3 is 0 Å². The van der Waals surface area contributed by atoms with Crippen LogP contribution in [0.25, 0.3) is 0 Å². The maximum atomic E-state index is 12.0. The molecule has 0 aromatic heterocycles. The van der Waals surface area contributed by atoms with Crippen LogP contribution >= 0.6 is 0 Å². The molecule has 0 bridgehead atoms. The zero-order valence-electron chi connectivity index (χ0n) is 11.7. The number of carbonyl (C=O) groups excluding carboxylic acids is 1. The number of carbonyl (C=O) groups is 1. The molecule has 16 heavy (non-hydrogen) atoms. The van der Waals surface area contributed by atoms with Crippen LogP contribution in [0.5, 0.6) is 0 Å². The molecule has 1 saturated carbocycles. The topological polar surface area (TPSA) is 17.1 Å². The second-order valence-electron chi connectivity index (χ2n) is 6.57. The van der Waals surface area contributed by atoms with E-state index in [2.05, 4.69) is 39.6 Å². The van der Waals surface area contributed by atoms with Gasteiger partial charge in [0, 0.05) is 13.5 Å². The summed E-state index contributed by atoms with van der Waals surface area (Å²) in [5.41, 5.74) is 1.22. The molecule has 0 saturated heterocycles. The van der Waals surface area contributed by atoms with E-state index < -0.39 is 8.07 Å². The maximum absolute atomic E-state index is 12.0. The number of hydrogen-bond donors (Lipinski definition) is 0. The standard InChI is InChI=1S/C14H26OSi/c1-7-12-8-9-13(10-16(4,5)6)14(12,3)11(2)15/h7,13H,8-10H2,1-6H3/b12-7-/t13-,14-/m0/s1. The van der Waals surface area contributed by atoms with Crippen LogP contribution in [-0.2, 0) is 4.79 Å². The molecule has 1 aliphatic rings. The minimum atomic E-state index is -1.08. The molecule has 92 valence electrons. The molecule has 1 fully saturated rings. The lowest BCUT2D eigenvalue weighted by molar-refractivity contribution is -0.125. The maximum Gasteiger partial charge on any atom is 0.139 e. The average molecular weight is 238 g/mol. The molecule has 1 nitrogen and oxygen atoms in total. The number of Topliss-reactive ketones (excluding diaryl/α,β-unsaturated/α-hetero) is 1. The third kappa shape index (κ3) is 2.48. The lowest BCUT2D eigenvalue weighted by Gasteiger charge is -2.34. The number of allylic oxidation sites excluding steroid dienone is 2. The van der Waals surface area contributed by atoms with Gasteiger partial charge in [0.15, 0.2) is 0 Å². The van der Waals surface area contributed by atoms with Gasteiger partial charge >= 0.3 is 0 Å². The van der Waals surface area contributed by atoms with Crippen LogP contribution in [0.4, 0.5) is 0 Å². The smallest absolute Gasteiger partial charge is 0.139 e. The van der Waals surface area contributed by atoms with E-state index in [0.29, 0.717) is 11.7 Å². The molecule has 0 aromatic carbocycles. The molecule has 0 unspecified atom stereocenters. The molecule has 1 rings (SSSR count). The third-order valence-corrected chi connectivity index (χ3v) is 5.90. The van der Waals surface area contributed by atoms with Crippen LogP contribution < -0.4 is 0 Å². The Hall–Kier alpha value is -0.373. The van der Waals surface area contributed by atoms with Gasteiger partial charge in [0.25, 0.3) is 0 Å². The van der Waals surface area contributed by atoms with Crippen molar-refractivity contribution in [2.45, 2.75) is 59.3 Å². The number of rotatable bonds is 3. The van der Waals surface area contributed by atoms with Crippen molar-refractivity contribution in [3.63, 3.8) is 0 Å². The van der Waals surface area contributed by atoms with E-state index in [1.165, 1.54) is 18.0 Å². The molecule has 0 N–H and O–H groups in total. The molecule has 0 spiro atoms. The van der Waals surface area contributed by atoms with Gasteiger partial charge in [0.2, 0.25) is 0 Å². The highest BCUT2D eigenvalue weighted by atomic mass is 28.3. The fourth-order valence-electron chi connectivity index (χ4n) is 3.14. The Morgan fingerprint density at radius 3 is 2.44 bits per heavy atom. The van der Waals surface area contributed by atoms with Crippen molar-refractivity contribution in [3.05, 3.63) is 11.6 Å². The van der Waals surface area contributed by atoms with E-state index in [4.69, 9.17) is 0 Å². The lowest BCUT2D eigenvalue weighted by Crippen LogP contribution is -2.36. The molecule has 0 aliphatic heterocycles. The predicted octanol–water partition coefficient (Wildman–Crippen LogP) is 4.28. The SMILES string of the molecule is C/C=C1/CC[C@@H](C[Si](C)(C)C)[C@@]1(C)C(C)=O. The molecular formula is C14H26OSi. The highest BCUT2D eigenvalue weighted by Gasteiger charge is 2.46. The van der Waals surface area contributed by atoms with Crippen molar-refractivity contribution in [1.82, 2.24) is 0 Å². The summed E-state index contributed by atoms with van der Waals surface area (Å²) in [7, 11) is -1.08. The van der Waals surface area contributed by atoms with Crippen LogP contribution in [0.15, 0.2) is 11.6 Å². The zero-order valence-corrected chi connectivity index (χ0v) is 12.7. The Morgan fingerprint density at radius 1 is 1.50 bits per heavy atom. The van der Waals surface area contributed by atoms with Crippen LogP contribution in [-0.4, -0.2) is 13.9 Å². The van der Waals surface area contributed by atoms with Crippen molar-refractivity contribution in [2.75, 3.05) is 0 Å². The van der Waals surface area contributed by atoms with Crippen molar-refractivity contribution >= 4 is 13.9 Å². The molecule has 0 heterocycles. The summed E-state index contributed by atoms with van der Waals surface area (Å²) in [4.78, 5) is 12.0. The predicted molar refractivity (Wildman–Crippen MR) is 73.4 cm³/mol. The minimum Gasteiger partial charge on any atom is -0.299 e. The monoisotopic (exact) mass is 238 g/mol. The van der Waals surface area contributed by atoms with Gasteiger partial charge in [-0.05, 0) is 39.5 Å². The van der Waals surface area contributed by atoms with Crippen molar-refractivity contribution in [2.24, 2.45) is 11.3 Å². The first-order valence-electron chi connectivity index (χ1n) is 6.38. The fraction of sp³-hybridized carbons (Fsp3) is 0.786. The van der Waals surface area contributed by atoms with Crippen LogP contribution in [0.1, 0.15) is 33.6 Å². The first kappa shape index (κ1) is 13.7. The average Bonchev–Trinajstić information content (AvgIpc) is 2.42. The molecule has 2 heteroatoms. The molecule has 0 radical (unpaired) electrons. The van der Waals surface area contributed by atoms with E-state index in [1.807, 2.05) is 0 Å². The fourth-order valence-corrected chi connectivity index (χ4v) is 5.23. The second kappa shape index (κ2) is 4.48. The van der Waals surface area contributed by atoms with Gasteiger partial charge in [0.1, 0.15) is 5.78 Å². The molecular weight excluding hydrogens is 212 g/mol. The van der Waals surface area contributed by atoms with Gasteiger partial charge in [-0.3, -0.25) is 4.79 Å². The van der Waals surface area contributed by atoms with E-state index in [9.17, 15) is 4.79 Å². The van der Waals surface area contributed by atoms with Gasteiger partial charge in [-0.25, -0.2) is 0 Å². The normalized spacial score (nSPS) is 33.4. The van der Waals surface area contributed by atoms with Crippen LogP contribution in [0.3, 0.4) is 0 Å². The van der Waals surface area contributed by atoms with E-state index in [-0.39, 0.29) is 5.41 Å². The summed E-state index contributed by atoms with van der Waals surface area (Å²) in [6.07, 6.45) is 4.51. The summed E-state index contributed by atoms with van der Waals surface area (Å²) >= 11 is 0. The summed E-state index contributed by atoms with van der Waals surface area (Å²) in [5, 5.41) is 0. The van der Waals surface area contributed by atoms with Crippen LogP contribution in [0, 0.1) is 11.3 Å². The minimum absolute atomic E-state index is 0.158. The van der Waals surface area contributed by atoms with E-state index in [1.54, 1.807) is 6.92 Å². The summed E-state index contributed by atoms with van der Waals surface area (Å²) in [5.74, 6) is 0.948. The van der Waals surface area contributed by atoms with Crippen molar-refractivity contribution in [3.8, 4) is 0 Å². The summed E-state index contributed by atoms with van der Waals surface area (Å²) in [6.45, 7) is 13.2. The van der Waals surface area contributed by atoms with E-state index in [0.717, 1.165) is 6.42 Å². The number of ketones is 1. The second-order valence-corrected chi connectivity index (χ2v) is 12.1. The lowest BCUT2D eigenvalue weighted by atomic mass is 9.74. The van der Waals surface area contributed by atoms with Gasteiger partial charge in [0.05, 0.1) is 0 Å². The largest absolute Gasteiger partial charge is 0.299 e.